The molecule has 0 saturated heterocycles. The second kappa shape index (κ2) is 8.06. The summed E-state index contributed by atoms with van der Waals surface area (Å²) in [5.41, 5.74) is 2.32. The van der Waals surface area contributed by atoms with Crippen molar-refractivity contribution in [3.05, 3.63) is 59.2 Å². The van der Waals surface area contributed by atoms with Crippen LogP contribution in [0.5, 0.6) is 0 Å². The predicted molar refractivity (Wildman–Crippen MR) is 105 cm³/mol. The summed E-state index contributed by atoms with van der Waals surface area (Å²) in [5, 5.41) is 23.2. The Kier molecular flexibility index (Phi) is 5.32. The average molecular weight is 396 g/mol. The van der Waals surface area contributed by atoms with Gasteiger partial charge in [-0.3, -0.25) is 4.79 Å². The highest BCUT2D eigenvalue weighted by atomic mass is 19.1. The lowest BCUT2D eigenvalue weighted by molar-refractivity contribution is 0.102. The molecule has 0 saturated carbocycles. The number of nitrogens with zero attached hydrogens (tertiary/aromatic N) is 4. The Hall–Kier alpha value is -3.17. The third kappa shape index (κ3) is 3.87. The van der Waals surface area contributed by atoms with E-state index in [9.17, 15) is 14.3 Å². The largest absolute Gasteiger partial charge is 0.394 e. The van der Waals surface area contributed by atoms with E-state index >= 15 is 0 Å². The van der Waals surface area contributed by atoms with Gasteiger partial charge < -0.3 is 20.3 Å². The number of rotatable bonds is 5. The highest BCUT2D eigenvalue weighted by Gasteiger charge is 2.19. The molecule has 2 aromatic heterocycles. The van der Waals surface area contributed by atoms with Gasteiger partial charge in [-0.25, -0.2) is 9.37 Å². The summed E-state index contributed by atoms with van der Waals surface area (Å²) in [6.45, 7) is 3.16. The molecule has 1 aliphatic rings. The third-order valence-corrected chi connectivity index (χ3v) is 4.95. The molecular weight excluding hydrogens is 375 g/mol. The molecule has 4 rings (SSSR count). The molecule has 1 aliphatic heterocycles. The van der Waals surface area contributed by atoms with Crippen LogP contribution in [-0.4, -0.2) is 43.9 Å². The summed E-state index contributed by atoms with van der Waals surface area (Å²) in [6, 6.07) is 7.87. The van der Waals surface area contributed by atoms with Gasteiger partial charge in [0.05, 0.1) is 18.2 Å². The minimum atomic E-state index is -0.564. The number of pyridine rings is 1. The summed E-state index contributed by atoms with van der Waals surface area (Å²) >= 11 is 0. The number of halogens is 1. The number of nitrogens with one attached hydrogen (secondary N) is 2. The lowest BCUT2D eigenvalue weighted by Gasteiger charge is -2.18. The smallest absolute Gasteiger partial charge is 0.259 e. The Morgan fingerprint density at radius 1 is 1.38 bits per heavy atom. The molecule has 0 radical (unpaired) electrons. The highest BCUT2D eigenvalue weighted by Crippen LogP contribution is 2.22. The zero-order chi connectivity index (χ0) is 20.4. The van der Waals surface area contributed by atoms with Crippen molar-refractivity contribution in [2.75, 3.05) is 18.5 Å². The first-order chi connectivity index (χ1) is 14.1. The van der Waals surface area contributed by atoms with Gasteiger partial charge in [-0.2, -0.15) is 0 Å². The lowest BCUT2D eigenvalue weighted by atomic mass is 9.98. The number of aliphatic hydroxyl groups excluding tert-OH is 1. The molecule has 3 aromatic rings. The van der Waals surface area contributed by atoms with Crippen LogP contribution >= 0.6 is 0 Å². The number of benzene rings is 1. The topological polar surface area (TPSA) is 105 Å². The van der Waals surface area contributed by atoms with E-state index in [0.29, 0.717) is 18.1 Å². The van der Waals surface area contributed by atoms with Gasteiger partial charge in [0.1, 0.15) is 23.7 Å². The SMILES string of the molecule is C[C@H](CO)n1cnnc1-c1cccc(NC(=O)c2cc3c(cc2F)CCNC3)n1. The maximum Gasteiger partial charge on any atom is 0.259 e. The van der Waals surface area contributed by atoms with Crippen molar-refractivity contribution < 1.29 is 14.3 Å². The molecule has 8 nitrogen and oxygen atoms in total. The van der Waals surface area contributed by atoms with Crippen LogP contribution in [0.4, 0.5) is 10.2 Å². The quantitative estimate of drug-likeness (QED) is 0.609. The fourth-order valence-corrected chi connectivity index (χ4v) is 3.33. The van der Waals surface area contributed by atoms with Gasteiger partial charge >= 0.3 is 0 Å². The van der Waals surface area contributed by atoms with Crippen LogP contribution in [0, 0.1) is 5.82 Å². The third-order valence-electron chi connectivity index (χ3n) is 4.95. The van der Waals surface area contributed by atoms with Crippen LogP contribution in [0.2, 0.25) is 0 Å². The standard InChI is InChI=1S/C20H21FN6O2/c1-12(10-28)27-11-23-26-19(27)17-3-2-4-18(24-17)25-20(29)15-7-14-9-22-6-5-13(14)8-16(15)21/h2-4,7-8,11-12,22,28H,5-6,9-10H2,1H3,(H,24,25,29)/t12-/m1/s1. The summed E-state index contributed by atoms with van der Waals surface area (Å²) in [4.78, 5) is 17.1. The maximum absolute atomic E-state index is 14.5. The van der Waals surface area contributed by atoms with E-state index < -0.39 is 11.7 Å². The van der Waals surface area contributed by atoms with Gasteiger partial charge in [0.25, 0.3) is 5.91 Å². The molecule has 1 aromatic carbocycles. The van der Waals surface area contributed by atoms with E-state index in [1.807, 2.05) is 6.92 Å². The van der Waals surface area contributed by atoms with Crippen LogP contribution in [-0.2, 0) is 13.0 Å². The second-order valence-electron chi connectivity index (χ2n) is 6.98. The number of hydrogen-bond acceptors (Lipinski definition) is 6. The predicted octanol–water partition coefficient (Wildman–Crippen LogP) is 1.93. The van der Waals surface area contributed by atoms with Gasteiger partial charge in [0.15, 0.2) is 5.82 Å². The van der Waals surface area contributed by atoms with Crippen molar-refractivity contribution in [2.45, 2.75) is 25.9 Å². The number of amides is 1. The fourth-order valence-electron chi connectivity index (χ4n) is 3.33. The fraction of sp³-hybridized carbons (Fsp3) is 0.300. The number of carbonyl (C=O) groups is 1. The molecule has 3 heterocycles. The maximum atomic E-state index is 14.5. The van der Waals surface area contributed by atoms with Crippen molar-refractivity contribution in [1.82, 2.24) is 25.1 Å². The van der Waals surface area contributed by atoms with Gasteiger partial charge in [-0.05, 0) is 55.3 Å². The first kappa shape index (κ1) is 19.2. The first-order valence-electron chi connectivity index (χ1n) is 9.38. The van der Waals surface area contributed by atoms with Gasteiger partial charge in [-0.15, -0.1) is 10.2 Å². The van der Waals surface area contributed by atoms with E-state index in [1.165, 1.54) is 12.4 Å². The molecule has 1 atom stereocenters. The van der Waals surface area contributed by atoms with Crippen molar-refractivity contribution >= 4 is 11.7 Å². The van der Waals surface area contributed by atoms with Crippen LogP contribution in [0.25, 0.3) is 11.5 Å². The van der Waals surface area contributed by atoms with Crippen LogP contribution in [0.1, 0.15) is 34.5 Å². The van der Waals surface area contributed by atoms with E-state index in [1.54, 1.807) is 28.8 Å². The highest BCUT2D eigenvalue weighted by molar-refractivity contribution is 6.04. The Morgan fingerprint density at radius 2 is 2.24 bits per heavy atom. The molecule has 0 fully saturated rings. The molecule has 0 aliphatic carbocycles. The lowest BCUT2D eigenvalue weighted by Crippen LogP contribution is -2.25. The molecule has 150 valence electrons. The summed E-state index contributed by atoms with van der Waals surface area (Å²) in [6.07, 6.45) is 2.25. The van der Waals surface area contributed by atoms with Crippen LogP contribution in [0.3, 0.4) is 0 Å². The van der Waals surface area contributed by atoms with Gasteiger partial charge in [0.2, 0.25) is 0 Å². The molecule has 3 N–H and O–H groups in total. The summed E-state index contributed by atoms with van der Waals surface area (Å²) in [7, 11) is 0. The average Bonchev–Trinajstić information content (AvgIpc) is 3.23. The molecule has 0 spiro atoms. The van der Waals surface area contributed by atoms with Gasteiger partial charge in [-0.1, -0.05) is 6.07 Å². The number of carbonyl (C=O) groups excluding carboxylic acids is 1. The first-order valence-corrected chi connectivity index (χ1v) is 9.38. The summed E-state index contributed by atoms with van der Waals surface area (Å²) in [5.74, 6) is -0.371. The molecular formula is C20H21FN6O2. The minimum absolute atomic E-state index is 0.0169. The van der Waals surface area contributed by atoms with Crippen LogP contribution < -0.4 is 10.6 Å². The molecule has 0 bridgehead atoms. The number of anilines is 1. The van der Waals surface area contributed by atoms with Gasteiger partial charge in [0, 0.05) is 6.54 Å². The van der Waals surface area contributed by atoms with Crippen molar-refractivity contribution in [1.29, 1.82) is 0 Å². The normalized spacial score (nSPS) is 14.3. The second-order valence-corrected chi connectivity index (χ2v) is 6.98. The zero-order valence-electron chi connectivity index (χ0n) is 15.9. The van der Waals surface area contributed by atoms with Crippen LogP contribution in [0.15, 0.2) is 36.7 Å². The zero-order valence-corrected chi connectivity index (χ0v) is 15.9. The van der Waals surface area contributed by atoms with Crippen molar-refractivity contribution in [3.63, 3.8) is 0 Å². The minimum Gasteiger partial charge on any atom is -0.394 e. The Morgan fingerprint density at radius 3 is 3.07 bits per heavy atom. The van der Waals surface area contributed by atoms with Crippen molar-refractivity contribution in [2.24, 2.45) is 0 Å². The van der Waals surface area contributed by atoms with E-state index in [2.05, 4.69) is 25.8 Å². The van der Waals surface area contributed by atoms with E-state index in [-0.39, 0.29) is 24.0 Å². The Bertz CT molecular complexity index is 1050. The molecule has 0 unspecified atom stereocenters. The molecule has 29 heavy (non-hydrogen) atoms. The van der Waals surface area contributed by atoms with E-state index in [4.69, 9.17) is 0 Å². The van der Waals surface area contributed by atoms with Crippen molar-refractivity contribution in [3.8, 4) is 11.5 Å². The number of aromatic nitrogens is 4. The monoisotopic (exact) mass is 396 g/mol. The molecule has 1 amide bonds. The summed E-state index contributed by atoms with van der Waals surface area (Å²) < 4.78 is 16.2. The number of aliphatic hydroxyl groups is 1. The van der Waals surface area contributed by atoms with E-state index in [0.717, 1.165) is 24.1 Å². The Balaban J connectivity index is 1.59. The Labute approximate surface area is 166 Å². The number of fused-ring (bicyclic) bond motifs is 1. The molecule has 9 heteroatoms. The number of hydrogen-bond donors (Lipinski definition) is 3.